The summed E-state index contributed by atoms with van der Waals surface area (Å²) in [7, 11) is -3.85. The van der Waals surface area contributed by atoms with E-state index < -0.39 is 22.0 Å². The number of nitrogens with one attached hydrogen (secondary N) is 1. The summed E-state index contributed by atoms with van der Waals surface area (Å²) in [5, 5.41) is 0. The van der Waals surface area contributed by atoms with Crippen LogP contribution in [0, 0.1) is 0 Å². The lowest BCUT2D eigenvalue weighted by Gasteiger charge is -2.11. The molecule has 0 aliphatic carbocycles. The molecule has 1 aromatic carbocycles. The van der Waals surface area contributed by atoms with Crippen LogP contribution in [0.25, 0.3) is 0 Å². The fraction of sp³-hybridized carbons (Fsp3) is 0.636. The average molecular weight is 442 g/mol. The summed E-state index contributed by atoms with van der Waals surface area (Å²) in [4.78, 5) is 24.7. The van der Waals surface area contributed by atoms with Gasteiger partial charge in [0.1, 0.15) is 0 Å². The molecule has 1 aromatic rings. The largest absolute Gasteiger partial charge is 0.462 e. The van der Waals surface area contributed by atoms with Gasteiger partial charge in [-0.05, 0) is 31.0 Å². The number of carbonyl (C=O) groups is 2. The predicted molar refractivity (Wildman–Crippen MR) is 116 cm³/mol. The van der Waals surface area contributed by atoms with Gasteiger partial charge in [0.2, 0.25) is 10.0 Å². The van der Waals surface area contributed by atoms with Gasteiger partial charge in [0, 0.05) is 6.54 Å². The van der Waals surface area contributed by atoms with Crippen molar-refractivity contribution in [1.29, 1.82) is 0 Å². The second-order valence-corrected chi connectivity index (χ2v) is 8.91. The van der Waals surface area contributed by atoms with Crippen LogP contribution in [0.2, 0.25) is 0 Å². The number of esters is 2. The second kappa shape index (κ2) is 14.1. The smallest absolute Gasteiger partial charge is 0.338 e. The Kier molecular flexibility index (Phi) is 12.3. The van der Waals surface area contributed by atoms with Gasteiger partial charge in [-0.1, -0.05) is 59.3 Å². The maximum Gasteiger partial charge on any atom is 0.338 e. The monoisotopic (exact) mass is 441 g/mol. The van der Waals surface area contributed by atoms with Crippen molar-refractivity contribution in [3.8, 4) is 0 Å². The fourth-order valence-corrected chi connectivity index (χ4v) is 3.93. The van der Waals surface area contributed by atoms with Crippen LogP contribution in [-0.2, 0) is 19.5 Å². The van der Waals surface area contributed by atoms with Crippen LogP contribution in [-0.4, -0.2) is 40.1 Å². The molecule has 0 aliphatic rings. The fourth-order valence-electron chi connectivity index (χ4n) is 2.82. The molecule has 0 saturated carbocycles. The van der Waals surface area contributed by atoms with E-state index in [1.165, 1.54) is 18.2 Å². The Morgan fingerprint density at radius 1 is 0.767 bits per heavy atom. The molecule has 0 bridgehead atoms. The first-order chi connectivity index (χ1) is 14.4. The van der Waals surface area contributed by atoms with Crippen molar-refractivity contribution >= 4 is 22.0 Å². The minimum atomic E-state index is -3.85. The zero-order valence-electron chi connectivity index (χ0n) is 18.4. The van der Waals surface area contributed by atoms with Gasteiger partial charge in [-0.3, -0.25) is 0 Å². The van der Waals surface area contributed by atoms with Gasteiger partial charge < -0.3 is 9.47 Å². The zero-order valence-corrected chi connectivity index (χ0v) is 19.2. The highest BCUT2D eigenvalue weighted by molar-refractivity contribution is 7.89. The molecule has 0 unspecified atom stereocenters. The number of rotatable bonds is 15. The molecular weight excluding hydrogens is 406 g/mol. The van der Waals surface area contributed by atoms with Gasteiger partial charge in [-0.15, -0.1) is 0 Å². The van der Waals surface area contributed by atoms with E-state index in [2.05, 4.69) is 18.6 Å². The standard InChI is InChI=1S/C22H35NO6S/c1-4-7-9-11-13-28-21(24)18-15-19(22(25)29-14-12-10-8-5-2)17-20(16-18)30(26,27)23-6-3/h15-17,23H,4-14H2,1-3H3. The Morgan fingerprint density at radius 2 is 1.23 bits per heavy atom. The molecule has 30 heavy (non-hydrogen) atoms. The Hall–Kier alpha value is -1.93. The summed E-state index contributed by atoms with van der Waals surface area (Å²) in [6.07, 6.45) is 7.64. The molecule has 0 fully saturated rings. The van der Waals surface area contributed by atoms with Crippen molar-refractivity contribution in [2.24, 2.45) is 0 Å². The lowest BCUT2D eigenvalue weighted by atomic mass is 10.1. The first kappa shape index (κ1) is 26.1. The number of unbranched alkanes of at least 4 members (excludes halogenated alkanes) is 6. The number of ether oxygens (including phenoxy) is 2. The van der Waals surface area contributed by atoms with E-state index in [0.717, 1.165) is 51.4 Å². The quantitative estimate of drug-likeness (QED) is 0.319. The molecule has 1 rings (SSSR count). The highest BCUT2D eigenvalue weighted by Gasteiger charge is 2.21. The van der Waals surface area contributed by atoms with Gasteiger partial charge in [0.15, 0.2) is 0 Å². The van der Waals surface area contributed by atoms with E-state index in [1.54, 1.807) is 6.92 Å². The number of hydrogen-bond acceptors (Lipinski definition) is 6. The molecule has 0 radical (unpaired) electrons. The number of sulfonamides is 1. The molecule has 0 aromatic heterocycles. The summed E-state index contributed by atoms with van der Waals surface area (Å²) >= 11 is 0. The minimum absolute atomic E-state index is 0.0161. The Balaban J connectivity index is 2.97. The van der Waals surface area contributed by atoms with Crippen molar-refractivity contribution in [2.45, 2.75) is 77.0 Å². The minimum Gasteiger partial charge on any atom is -0.462 e. The van der Waals surface area contributed by atoms with Crippen LogP contribution < -0.4 is 4.72 Å². The van der Waals surface area contributed by atoms with E-state index in [1.807, 2.05) is 0 Å². The molecule has 7 nitrogen and oxygen atoms in total. The van der Waals surface area contributed by atoms with Crippen LogP contribution in [0.3, 0.4) is 0 Å². The van der Waals surface area contributed by atoms with E-state index in [0.29, 0.717) is 0 Å². The molecule has 170 valence electrons. The van der Waals surface area contributed by atoms with Gasteiger partial charge in [-0.2, -0.15) is 0 Å². The van der Waals surface area contributed by atoms with Crippen molar-refractivity contribution in [2.75, 3.05) is 19.8 Å². The summed E-state index contributed by atoms with van der Waals surface area (Å²) in [5.41, 5.74) is 0.0322. The van der Waals surface area contributed by atoms with Crippen molar-refractivity contribution in [3.05, 3.63) is 29.3 Å². The maximum atomic E-state index is 12.4. The maximum absolute atomic E-state index is 12.4. The van der Waals surface area contributed by atoms with E-state index in [-0.39, 0.29) is 35.8 Å². The summed E-state index contributed by atoms with van der Waals surface area (Å²) < 4.78 is 37.7. The average Bonchev–Trinajstić information content (AvgIpc) is 2.72. The molecule has 0 amide bonds. The molecule has 0 saturated heterocycles. The van der Waals surface area contributed by atoms with E-state index >= 15 is 0 Å². The van der Waals surface area contributed by atoms with E-state index in [4.69, 9.17) is 9.47 Å². The van der Waals surface area contributed by atoms with Crippen LogP contribution >= 0.6 is 0 Å². The Labute approximate surface area is 180 Å². The summed E-state index contributed by atoms with van der Waals surface area (Å²) in [6.45, 7) is 6.52. The highest BCUT2D eigenvalue weighted by Crippen LogP contribution is 2.18. The van der Waals surface area contributed by atoms with Gasteiger partial charge in [0.05, 0.1) is 29.2 Å². The van der Waals surface area contributed by atoms with Crippen molar-refractivity contribution < 1.29 is 27.5 Å². The lowest BCUT2D eigenvalue weighted by molar-refractivity contribution is 0.0495. The van der Waals surface area contributed by atoms with Gasteiger partial charge >= 0.3 is 11.9 Å². The predicted octanol–water partition coefficient (Wildman–Crippen LogP) is 4.46. The number of hydrogen-bond donors (Lipinski definition) is 1. The zero-order chi connectivity index (χ0) is 22.4. The SMILES string of the molecule is CCCCCCOC(=O)c1cc(C(=O)OCCCCCC)cc(S(=O)(=O)NCC)c1. The van der Waals surface area contributed by atoms with Gasteiger partial charge in [-0.25, -0.2) is 22.7 Å². The number of benzene rings is 1. The van der Waals surface area contributed by atoms with Crippen molar-refractivity contribution in [3.63, 3.8) is 0 Å². The van der Waals surface area contributed by atoms with E-state index in [9.17, 15) is 18.0 Å². The van der Waals surface area contributed by atoms with Crippen LogP contribution in [0.1, 0.15) is 92.9 Å². The molecule has 0 spiro atoms. The third-order valence-electron chi connectivity index (χ3n) is 4.48. The molecule has 8 heteroatoms. The first-order valence-corrected chi connectivity index (χ1v) is 12.3. The normalized spacial score (nSPS) is 11.3. The van der Waals surface area contributed by atoms with Crippen LogP contribution in [0.5, 0.6) is 0 Å². The topological polar surface area (TPSA) is 98.8 Å². The lowest BCUT2D eigenvalue weighted by Crippen LogP contribution is -2.24. The Bertz CT molecular complexity index is 732. The first-order valence-electron chi connectivity index (χ1n) is 10.8. The summed E-state index contributed by atoms with van der Waals surface area (Å²) in [6, 6.07) is 3.78. The summed E-state index contributed by atoms with van der Waals surface area (Å²) in [5.74, 6) is -1.31. The molecular formula is C22H35NO6S. The highest BCUT2D eigenvalue weighted by atomic mass is 32.2. The third-order valence-corrected chi connectivity index (χ3v) is 6.01. The number of carbonyl (C=O) groups excluding carboxylic acids is 2. The Morgan fingerprint density at radius 3 is 1.63 bits per heavy atom. The molecule has 1 N–H and O–H groups in total. The van der Waals surface area contributed by atoms with Crippen LogP contribution in [0.4, 0.5) is 0 Å². The van der Waals surface area contributed by atoms with Gasteiger partial charge in [0.25, 0.3) is 0 Å². The third kappa shape index (κ3) is 9.26. The van der Waals surface area contributed by atoms with Crippen LogP contribution in [0.15, 0.2) is 23.1 Å². The van der Waals surface area contributed by atoms with Crippen molar-refractivity contribution in [1.82, 2.24) is 4.72 Å². The molecule has 0 heterocycles. The second-order valence-electron chi connectivity index (χ2n) is 7.14. The molecule has 0 atom stereocenters. The molecule has 0 aliphatic heterocycles.